The van der Waals surface area contributed by atoms with Crippen LogP contribution in [0, 0.1) is 5.92 Å². The molecule has 6 heteroatoms. The number of aliphatic hydroxyl groups excluding tert-OH is 1. The van der Waals surface area contributed by atoms with Gasteiger partial charge in [0.2, 0.25) is 0 Å². The summed E-state index contributed by atoms with van der Waals surface area (Å²) >= 11 is 0. The second-order valence-electron chi connectivity index (χ2n) is 5.71. The standard InChI is InChI=1S/C17H27N3O2.HI/c1-3-18-17(20(2)11-14-8-9-22-13-14)19-10-15-6-4-5-7-16(15)12-21;/h4-7,14,21H,3,8-13H2,1-2H3,(H,18,19);1H. The van der Waals surface area contributed by atoms with E-state index >= 15 is 0 Å². The van der Waals surface area contributed by atoms with Crippen LogP contribution in [0.1, 0.15) is 24.5 Å². The Morgan fingerprint density at radius 2 is 2.13 bits per heavy atom. The molecule has 0 radical (unpaired) electrons. The van der Waals surface area contributed by atoms with Crippen molar-refractivity contribution in [1.29, 1.82) is 0 Å². The van der Waals surface area contributed by atoms with Crippen molar-refractivity contribution in [2.75, 3.05) is 33.4 Å². The van der Waals surface area contributed by atoms with Crippen LogP contribution < -0.4 is 5.32 Å². The zero-order chi connectivity index (χ0) is 15.8. The fraction of sp³-hybridized carbons (Fsp3) is 0.588. The summed E-state index contributed by atoms with van der Waals surface area (Å²) in [5.74, 6) is 1.49. The Balaban J connectivity index is 0.00000264. The average molecular weight is 433 g/mol. The minimum absolute atomic E-state index is 0. The molecule has 1 atom stereocenters. The number of nitrogens with zero attached hydrogens (tertiary/aromatic N) is 2. The first-order valence-electron chi connectivity index (χ1n) is 7.99. The van der Waals surface area contributed by atoms with Crippen molar-refractivity contribution < 1.29 is 9.84 Å². The highest BCUT2D eigenvalue weighted by molar-refractivity contribution is 14.0. The number of nitrogens with one attached hydrogen (secondary N) is 1. The molecule has 0 spiro atoms. The molecule has 1 unspecified atom stereocenters. The van der Waals surface area contributed by atoms with Gasteiger partial charge in [0.25, 0.3) is 0 Å². The van der Waals surface area contributed by atoms with Crippen LogP contribution in [0.25, 0.3) is 0 Å². The summed E-state index contributed by atoms with van der Waals surface area (Å²) < 4.78 is 5.44. The zero-order valence-corrected chi connectivity index (χ0v) is 16.3. The lowest BCUT2D eigenvalue weighted by atomic mass is 10.1. The Kier molecular flexibility index (Phi) is 9.50. The number of aliphatic hydroxyl groups is 1. The first kappa shape index (κ1) is 20.2. The Bertz CT molecular complexity index is 490. The van der Waals surface area contributed by atoms with Crippen molar-refractivity contribution in [3.63, 3.8) is 0 Å². The zero-order valence-electron chi connectivity index (χ0n) is 14.0. The molecule has 1 aromatic rings. The van der Waals surface area contributed by atoms with E-state index in [1.165, 1.54) is 0 Å². The second-order valence-corrected chi connectivity index (χ2v) is 5.71. The summed E-state index contributed by atoms with van der Waals surface area (Å²) in [6, 6.07) is 7.88. The summed E-state index contributed by atoms with van der Waals surface area (Å²) in [5.41, 5.74) is 2.01. The largest absolute Gasteiger partial charge is 0.392 e. The number of benzene rings is 1. The van der Waals surface area contributed by atoms with E-state index in [4.69, 9.17) is 9.73 Å². The molecule has 1 aliphatic rings. The Morgan fingerprint density at radius 1 is 1.39 bits per heavy atom. The predicted octanol–water partition coefficient (Wildman–Crippen LogP) is 2.23. The number of aliphatic imine (C=N–C) groups is 1. The minimum atomic E-state index is 0. The molecule has 1 fully saturated rings. The molecule has 5 nitrogen and oxygen atoms in total. The fourth-order valence-electron chi connectivity index (χ4n) is 2.70. The van der Waals surface area contributed by atoms with E-state index in [0.29, 0.717) is 12.5 Å². The number of guanidine groups is 1. The molecule has 1 aliphatic heterocycles. The maximum Gasteiger partial charge on any atom is 0.193 e. The van der Waals surface area contributed by atoms with Crippen LogP contribution in [0.5, 0.6) is 0 Å². The van der Waals surface area contributed by atoms with Gasteiger partial charge in [-0.25, -0.2) is 4.99 Å². The molecule has 2 rings (SSSR count). The molecular weight excluding hydrogens is 405 g/mol. The smallest absolute Gasteiger partial charge is 0.193 e. The minimum Gasteiger partial charge on any atom is -0.392 e. The summed E-state index contributed by atoms with van der Waals surface area (Å²) in [4.78, 5) is 6.88. The van der Waals surface area contributed by atoms with Crippen LogP contribution >= 0.6 is 24.0 Å². The van der Waals surface area contributed by atoms with E-state index < -0.39 is 0 Å². The highest BCUT2D eigenvalue weighted by Gasteiger charge is 2.19. The van der Waals surface area contributed by atoms with E-state index in [1.54, 1.807) is 0 Å². The maximum absolute atomic E-state index is 9.40. The monoisotopic (exact) mass is 433 g/mol. The summed E-state index contributed by atoms with van der Waals surface area (Å²) in [5, 5.41) is 12.7. The molecule has 23 heavy (non-hydrogen) atoms. The van der Waals surface area contributed by atoms with Gasteiger partial charge in [-0.15, -0.1) is 24.0 Å². The molecule has 0 amide bonds. The van der Waals surface area contributed by atoms with E-state index in [9.17, 15) is 5.11 Å². The van der Waals surface area contributed by atoms with Crippen molar-refractivity contribution in [3.05, 3.63) is 35.4 Å². The Labute approximate surface area is 156 Å². The first-order valence-corrected chi connectivity index (χ1v) is 7.99. The van der Waals surface area contributed by atoms with Crippen molar-refractivity contribution in [2.24, 2.45) is 10.9 Å². The summed E-state index contributed by atoms with van der Waals surface area (Å²) in [6.45, 7) is 6.21. The van der Waals surface area contributed by atoms with E-state index in [1.807, 2.05) is 24.3 Å². The molecule has 2 N–H and O–H groups in total. The van der Waals surface area contributed by atoms with Crippen LogP contribution in [0.3, 0.4) is 0 Å². The quantitative estimate of drug-likeness (QED) is 0.411. The van der Waals surface area contributed by atoms with Gasteiger partial charge < -0.3 is 20.1 Å². The fourth-order valence-corrected chi connectivity index (χ4v) is 2.70. The molecule has 0 bridgehead atoms. The van der Waals surface area contributed by atoms with Gasteiger partial charge in [-0.05, 0) is 24.5 Å². The van der Waals surface area contributed by atoms with Gasteiger partial charge in [-0.2, -0.15) is 0 Å². The topological polar surface area (TPSA) is 57.1 Å². The number of rotatable bonds is 6. The third-order valence-electron chi connectivity index (χ3n) is 3.94. The first-order chi connectivity index (χ1) is 10.7. The summed E-state index contributed by atoms with van der Waals surface area (Å²) in [7, 11) is 2.07. The SMILES string of the molecule is CCNC(=NCc1ccccc1CO)N(C)CC1CCOC1.I. The van der Waals surface area contributed by atoms with Gasteiger partial charge in [-0.1, -0.05) is 24.3 Å². The number of ether oxygens (including phenoxy) is 1. The number of hydrogen-bond donors (Lipinski definition) is 2. The maximum atomic E-state index is 9.40. The van der Waals surface area contributed by atoms with E-state index in [0.717, 1.165) is 49.8 Å². The molecular formula is C17H28IN3O2. The van der Waals surface area contributed by atoms with Crippen LogP contribution in [-0.4, -0.2) is 49.3 Å². The third-order valence-corrected chi connectivity index (χ3v) is 3.94. The van der Waals surface area contributed by atoms with E-state index in [2.05, 4.69) is 24.2 Å². The highest BCUT2D eigenvalue weighted by Crippen LogP contribution is 2.14. The number of halogens is 1. The van der Waals surface area contributed by atoms with Gasteiger partial charge in [-0.3, -0.25) is 0 Å². The van der Waals surface area contributed by atoms with Crippen molar-refractivity contribution in [3.8, 4) is 0 Å². The predicted molar refractivity (Wildman–Crippen MR) is 104 cm³/mol. The van der Waals surface area contributed by atoms with Gasteiger partial charge in [0, 0.05) is 32.7 Å². The van der Waals surface area contributed by atoms with Crippen molar-refractivity contribution in [1.82, 2.24) is 10.2 Å². The molecule has 1 saturated heterocycles. The third kappa shape index (κ3) is 6.27. The van der Waals surface area contributed by atoms with Crippen LogP contribution in [-0.2, 0) is 17.9 Å². The van der Waals surface area contributed by atoms with E-state index in [-0.39, 0.29) is 30.6 Å². The normalized spacial score (nSPS) is 17.7. The van der Waals surface area contributed by atoms with Crippen LogP contribution in [0.4, 0.5) is 0 Å². The molecule has 130 valence electrons. The van der Waals surface area contributed by atoms with Crippen molar-refractivity contribution in [2.45, 2.75) is 26.5 Å². The number of hydrogen-bond acceptors (Lipinski definition) is 3. The highest BCUT2D eigenvalue weighted by atomic mass is 127. The van der Waals surface area contributed by atoms with Gasteiger partial charge in [0.05, 0.1) is 19.8 Å². The lowest BCUT2D eigenvalue weighted by Crippen LogP contribution is -2.41. The van der Waals surface area contributed by atoms with Gasteiger partial charge >= 0.3 is 0 Å². The van der Waals surface area contributed by atoms with Gasteiger partial charge in [0.1, 0.15) is 0 Å². The molecule has 0 saturated carbocycles. The lowest BCUT2D eigenvalue weighted by molar-refractivity contribution is 0.181. The Hall–Kier alpha value is -0.860. The molecule has 0 aromatic heterocycles. The van der Waals surface area contributed by atoms with Crippen molar-refractivity contribution >= 4 is 29.9 Å². The average Bonchev–Trinajstić information content (AvgIpc) is 3.04. The second kappa shape index (κ2) is 10.8. The molecule has 1 heterocycles. The van der Waals surface area contributed by atoms with Crippen LogP contribution in [0.15, 0.2) is 29.3 Å². The van der Waals surface area contributed by atoms with Crippen LogP contribution in [0.2, 0.25) is 0 Å². The molecule has 0 aliphatic carbocycles. The summed E-state index contributed by atoms with van der Waals surface area (Å²) in [6.07, 6.45) is 1.12. The lowest BCUT2D eigenvalue weighted by Gasteiger charge is -2.24. The Morgan fingerprint density at radius 3 is 2.74 bits per heavy atom. The molecule has 1 aromatic carbocycles. The van der Waals surface area contributed by atoms with Gasteiger partial charge in [0.15, 0.2) is 5.96 Å².